The number of hydrogen-bond donors (Lipinski definition) is 1. The van der Waals surface area contributed by atoms with Crippen LogP contribution in [0.15, 0.2) is 24.3 Å². The van der Waals surface area contributed by atoms with Crippen LogP contribution in [0.3, 0.4) is 0 Å². The lowest BCUT2D eigenvalue weighted by Crippen LogP contribution is -2.31. The topological polar surface area (TPSA) is 79.9 Å². The number of nitrogens with one attached hydrogen (secondary N) is 1. The van der Waals surface area contributed by atoms with E-state index in [0.717, 1.165) is 0 Å². The van der Waals surface area contributed by atoms with Crippen molar-refractivity contribution in [1.29, 1.82) is 10.5 Å². The van der Waals surface area contributed by atoms with Crippen molar-refractivity contribution >= 4 is 11.7 Å². The first-order valence-electron chi connectivity index (χ1n) is 5.06. The van der Waals surface area contributed by atoms with Crippen LogP contribution in [-0.2, 0) is 0 Å². The maximum Gasteiger partial charge on any atom is 0.321 e. The molecule has 0 heterocycles. The zero-order chi connectivity index (χ0) is 12.7. The van der Waals surface area contributed by atoms with Gasteiger partial charge in [-0.25, -0.2) is 4.79 Å². The first-order valence-corrected chi connectivity index (χ1v) is 5.06. The van der Waals surface area contributed by atoms with Crippen molar-refractivity contribution in [3.8, 4) is 12.1 Å². The van der Waals surface area contributed by atoms with Crippen LogP contribution in [0, 0.1) is 22.7 Å². The molecule has 0 fully saturated rings. The first-order chi connectivity index (χ1) is 8.17. The molecule has 5 nitrogen and oxygen atoms in total. The summed E-state index contributed by atoms with van der Waals surface area (Å²) in [5, 5.41) is 19.7. The molecular weight excluding hydrogens is 216 g/mol. The molecular formula is C12H12N4O. The molecule has 0 spiro atoms. The van der Waals surface area contributed by atoms with Gasteiger partial charge in [0, 0.05) is 19.3 Å². The van der Waals surface area contributed by atoms with Crippen molar-refractivity contribution in [2.75, 3.05) is 18.9 Å². The standard InChI is InChI=1S/C12H12N4O/c1-16(8-2-7-13)12(17)15-11-5-3-10(9-14)4-6-11/h3-6H,2,8H2,1H3,(H,15,17). The summed E-state index contributed by atoms with van der Waals surface area (Å²) in [6.07, 6.45) is 0.303. The molecule has 86 valence electrons. The summed E-state index contributed by atoms with van der Waals surface area (Å²) < 4.78 is 0. The third-order valence-corrected chi connectivity index (χ3v) is 2.17. The predicted molar refractivity (Wildman–Crippen MR) is 63.0 cm³/mol. The van der Waals surface area contributed by atoms with E-state index < -0.39 is 0 Å². The summed E-state index contributed by atoms with van der Waals surface area (Å²) in [5.41, 5.74) is 1.17. The van der Waals surface area contributed by atoms with Crippen LogP contribution in [0.5, 0.6) is 0 Å². The smallest absolute Gasteiger partial charge is 0.321 e. The maximum atomic E-state index is 11.6. The minimum absolute atomic E-state index is 0.273. The Balaban J connectivity index is 2.56. The molecule has 0 radical (unpaired) electrons. The first kappa shape index (κ1) is 12.5. The number of carbonyl (C=O) groups is 1. The van der Waals surface area contributed by atoms with Gasteiger partial charge in [-0.3, -0.25) is 0 Å². The Labute approximate surface area is 99.9 Å². The van der Waals surface area contributed by atoms with E-state index in [1.54, 1.807) is 31.3 Å². The molecule has 1 N–H and O–H groups in total. The van der Waals surface area contributed by atoms with Gasteiger partial charge in [0.15, 0.2) is 0 Å². The van der Waals surface area contributed by atoms with Crippen LogP contribution in [-0.4, -0.2) is 24.5 Å². The highest BCUT2D eigenvalue weighted by molar-refractivity contribution is 5.89. The molecule has 1 aromatic rings. The number of urea groups is 1. The SMILES string of the molecule is CN(CCC#N)C(=O)Nc1ccc(C#N)cc1. The Kier molecular flexibility index (Phi) is 4.53. The van der Waals surface area contributed by atoms with Gasteiger partial charge in [0.2, 0.25) is 0 Å². The highest BCUT2D eigenvalue weighted by Crippen LogP contribution is 2.09. The van der Waals surface area contributed by atoms with Gasteiger partial charge in [-0.1, -0.05) is 0 Å². The van der Waals surface area contributed by atoms with Crippen molar-refractivity contribution in [3.63, 3.8) is 0 Å². The number of anilines is 1. The van der Waals surface area contributed by atoms with E-state index in [2.05, 4.69) is 5.32 Å². The Hall–Kier alpha value is -2.53. The number of rotatable bonds is 3. The molecule has 0 bridgehead atoms. The van der Waals surface area contributed by atoms with Gasteiger partial charge in [-0.05, 0) is 24.3 Å². The summed E-state index contributed by atoms with van der Waals surface area (Å²) in [5.74, 6) is 0. The Morgan fingerprint density at radius 2 is 2.00 bits per heavy atom. The second-order valence-electron chi connectivity index (χ2n) is 3.45. The number of nitrogens with zero attached hydrogens (tertiary/aromatic N) is 3. The quantitative estimate of drug-likeness (QED) is 0.858. The molecule has 0 saturated carbocycles. The van der Waals surface area contributed by atoms with E-state index in [-0.39, 0.29) is 6.03 Å². The third kappa shape index (κ3) is 3.84. The van der Waals surface area contributed by atoms with Gasteiger partial charge < -0.3 is 10.2 Å². The van der Waals surface area contributed by atoms with Crippen LogP contribution < -0.4 is 5.32 Å². The largest absolute Gasteiger partial charge is 0.327 e. The van der Waals surface area contributed by atoms with Crippen molar-refractivity contribution in [2.24, 2.45) is 0 Å². The fraction of sp³-hybridized carbons (Fsp3) is 0.250. The van der Waals surface area contributed by atoms with Crippen LogP contribution in [0.25, 0.3) is 0 Å². The van der Waals surface area contributed by atoms with Crippen molar-refractivity contribution in [3.05, 3.63) is 29.8 Å². The Morgan fingerprint density at radius 1 is 1.35 bits per heavy atom. The average Bonchev–Trinajstić information content (AvgIpc) is 2.36. The van der Waals surface area contributed by atoms with E-state index in [4.69, 9.17) is 10.5 Å². The second kappa shape index (κ2) is 6.14. The molecule has 1 aromatic carbocycles. The van der Waals surface area contributed by atoms with E-state index in [1.807, 2.05) is 12.1 Å². The van der Waals surface area contributed by atoms with E-state index in [1.165, 1.54) is 4.90 Å². The third-order valence-electron chi connectivity index (χ3n) is 2.17. The molecule has 5 heteroatoms. The number of carbonyl (C=O) groups excluding carboxylic acids is 1. The minimum Gasteiger partial charge on any atom is -0.327 e. The molecule has 0 aromatic heterocycles. The van der Waals surface area contributed by atoms with Gasteiger partial charge in [-0.15, -0.1) is 0 Å². The monoisotopic (exact) mass is 228 g/mol. The number of nitriles is 2. The highest BCUT2D eigenvalue weighted by atomic mass is 16.2. The van der Waals surface area contributed by atoms with Gasteiger partial charge in [-0.2, -0.15) is 10.5 Å². The summed E-state index contributed by atoms with van der Waals surface area (Å²) in [6, 6.07) is 10.3. The summed E-state index contributed by atoms with van der Waals surface area (Å²) in [7, 11) is 1.62. The van der Waals surface area contributed by atoms with Crippen LogP contribution >= 0.6 is 0 Å². The number of hydrogen-bond acceptors (Lipinski definition) is 3. The highest BCUT2D eigenvalue weighted by Gasteiger charge is 2.07. The molecule has 0 aliphatic heterocycles. The van der Waals surface area contributed by atoms with Crippen LogP contribution in [0.1, 0.15) is 12.0 Å². The molecule has 1 rings (SSSR count). The average molecular weight is 228 g/mol. The molecule has 0 atom stereocenters. The van der Waals surface area contributed by atoms with E-state index in [0.29, 0.717) is 24.2 Å². The van der Waals surface area contributed by atoms with Crippen molar-refractivity contribution < 1.29 is 4.79 Å². The van der Waals surface area contributed by atoms with E-state index in [9.17, 15) is 4.79 Å². The Bertz CT molecular complexity index is 467. The van der Waals surface area contributed by atoms with E-state index >= 15 is 0 Å². The zero-order valence-electron chi connectivity index (χ0n) is 9.47. The fourth-order valence-corrected chi connectivity index (χ4v) is 1.17. The van der Waals surface area contributed by atoms with Crippen molar-refractivity contribution in [2.45, 2.75) is 6.42 Å². The predicted octanol–water partition coefficient (Wildman–Crippen LogP) is 1.94. The molecule has 0 unspecified atom stereocenters. The lowest BCUT2D eigenvalue weighted by molar-refractivity contribution is 0.223. The maximum absolute atomic E-state index is 11.6. The molecule has 17 heavy (non-hydrogen) atoms. The van der Waals surface area contributed by atoms with Gasteiger partial charge in [0.1, 0.15) is 0 Å². The minimum atomic E-state index is -0.273. The lowest BCUT2D eigenvalue weighted by Gasteiger charge is -2.16. The van der Waals surface area contributed by atoms with Crippen molar-refractivity contribution in [1.82, 2.24) is 4.90 Å². The molecule has 0 saturated heterocycles. The second-order valence-corrected chi connectivity index (χ2v) is 3.45. The van der Waals surface area contributed by atoms with Crippen LogP contribution in [0.2, 0.25) is 0 Å². The van der Waals surface area contributed by atoms with Gasteiger partial charge in [0.05, 0.1) is 24.1 Å². The normalized spacial score (nSPS) is 8.88. The fourth-order valence-electron chi connectivity index (χ4n) is 1.17. The van der Waals surface area contributed by atoms with Gasteiger partial charge in [0.25, 0.3) is 0 Å². The Morgan fingerprint density at radius 3 is 2.53 bits per heavy atom. The van der Waals surface area contributed by atoms with Crippen LogP contribution in [0.4, 0.5) is 10.5 Å². The van der Waals surface area contributed by atoms with Gasteiger partial charge >= 0.3 is 6.03 Å². The lowest BCUT2D eigenvalue weighted by atomic mass is 10.2. The molecule has 0 aliphatic carbocycles. The number of benzene rings is 1. The summed E-state index contributed by atoms with van der Waals surface area (Å²) in [4.78, 5) is 13.0. The molecule has 2 amide bonds. The number of amides is 2. The summed E-state index contributed by atoms with van der Waals surface area (Å²) >= 11 is 0. The molecule has 0 aliphatic rings. The summed E-state index contributed by atoms with van der Waals surface area (Å²) in [6.45, 7) is 0.388. The zero-order valence-corrected chi connectivity index (χ0v) is 9.47.